The normalized spacial score (nSPS) is 10.3. The first-order chi connectivity index (χ1) is 10.6. The molecule has 3 nitrogen and oxygen atoms in total. The Hall–Kier alpha value is -1.71. The average Bonchev–Trinajstić information content (AvgIpc) is 2.48. The summed E-state index contributed by atoms with van der Waals surface area (Å²) < 4.78 is 5.69. The molecule has 2 aromatic carbocycles. The molecule has 0 spiro atoms. The van der Waals surface area contributed by atoms with Crippen LogP contribution in [0.2, 0.25) is 10.0 Å². The number of amides is 1. The molecule has 0 saturated heterocycles. The monoisotopic (exact) mass is 337 g/mol. The van der Waals surface area contributed by atoms with E-state index in [-0.39, 0.29) is 5.91 Å². The molecule has 0 heterocycles. The van der Waals surface area contributed by atoms with Gasteiger partial charge in [0.25, 0.3) is 5.91 Å². The summed E-state index contributed by atoms with van der Waals surface area (Å²) in [5.41, 5.74) is 1.03. The van der Waals surface area contributed by atoms with Gasteiger partial charge < -0.3 is 10.1 Å². The standard InChI is InChI=1S/C17H17Cl2NO2/c1-2-3-8-22-16-7-5-4-6-15(16)20-17(21)12-9-13(18)11-14(19)10-12/h4-7,9-11H,2-3,8H2,1H3,(H,20,21). The number of ether oxygens (including phenoxy) is 1. The molecule has 0 bridgehead atoms. The first-order valence-corrected chi connectivity index (χ1v) is 7.85. The van der Waals surface area contributed by atoms with Gasteiger partial charge in [-0.3, -0.25) is 4.79 Å². The summed E-state index contributed by atoms with van der Waals surface area (Å²) in [6, 6.07) is 12.1. The van der Waals surface area contributed by atoms with E-state index in [1.807, 2.05) is 18.2 Å². The van der Waals surface area contributed by atoms with Crippen LogP contribution in [-0.2, 0) is 0 Å². The summed E-state index contributed by atoms with van der Waals surface area (Å²) in [6.07, 6.45) is 2.02. The van der Waals surface area contributed by atoms with Gasteiger partial charge in [0.1, 0.15) is 5.75 Å². The van der Waals surface area contributed by atoms with Crippen LogP contribution in [0.4, 0.5) is 5.69 Å². The van der Waals surface area contributed by atoms with Gasteiger partial charge in [-0.15, -0.1) is 0 Å². The molecule has 22 heavy (non-hydrogen) atoms. The third-order valence-electron chi connectivity index (χ3n) is 3.02. The third kappa shape index (κ3) is 4.65. The Balaban J connectivity index is 2.14. The number of hydrogen-bond acceptors (Lipinski definition) is 2. The summed E-state index contributed by atoms with van der Waals surface area (Å²) in [7, 11) is 0. The lowest BCUT2D eigenvalue weighted by Gasteiger charge is -2.12. The van der Waals surface area contributed by atoms with Gasteiger partial charge in [-0.2, -0.15) is 0 Å². The molecule has 0 aliphatic rings. The van der Waals surface area contributed by atoms with Crippen LogP contribution in [0.1, 0.15) is 30.1 Å². The number of carbonyl (C=O) groups is 1. The van der Waals surface area contributed by atoms with Gasteiger partial charge in [-0.25, -0.2) is 0 Å². The van der Waals surface area contributed by atoms with Gasteiger partial charge in [0.2, 0.25) is 0 Å². The van der Waals surface area contributed by atoms with Crippen molar-refractivity contribution in [1.82, 2.24) is 0 Å². The minimum Gasteiger partial charge on any atom is -0.491 e. The predicted octanol–water partition coefficient (Wildman–Crippen LogP) is 5.42. The van der Waals surface area contributed by atoms with E-state index in [4.69, 9.17) is 27.9 Å². The third-order valence-corrected chi connectivity index (χ3v) is 3.45. The predicted molar refractivity (Wildman–Crippen MR) is 91.3 cm³/mol. The summed E-state index contributed by atoms with van der Waals surface area (Å²) >= 11 is 11.8. The highest BCUT2D eigenvalue weighted by molar-refractivity contribution is 6.35. The smallest absolute Gasteiger partial charge is 0.255 e. The van der Waals surface area contributed by atoms with Gasteiger partial charge in [0, 0.05) is 15.6 Å². The molecule has 0 fully saturated rings. The largest absolute Gasteiger partial charge is 0.491 e. The van der Waals surface area contributed by atoms with Gasteiger partial charge >= 0.3 is 0 Å². The molecule has 0 unspecified atom stereocenters. The Bertz CT molecular complexity index is 639. The van der Waals surface area contributed by atoms with Crippen LogP contribution >= 0.6 is 23.2 Å². The van der Waals surface area contributed by atoms with E-state index in [1.54, 1.807) is 24.3 Å². The Morgan fingerprint density at radius 3 is 2.50 bits per heavy atom. The van der Waals surface area contributed by atoms with E-state index >= 15 is 0 Å². The highest BCUT2D eigenvalue weighted by Crippen LogP contribution is 2.26. The van der Waals surface area contributed by atoms with Gasteiger partial charge in [-0.1, -0.05) is 48.7 Å². The Morgan fingerprint density at radius 2 is 1.82 bits per heavy atom. The number of rotatable bonds is 6. The van der Waals surface area contributed by atoms with Crippen molar-refractivity contribution < 1.29 is 9.53 Å². The average molecular weight is 338 g/mol. The second-order valence-electron chi connectivity index (χ2n) is 4.81. The zero-order valence-electron chi connectivity index (χ0n) is 12.2. The molecule has 1 amide bonds. The van der Waals surface area contributed by atoms with Crippen LogP contribution in [-0.4, -0.2) is 12.5 Å². The molecular weight excluding hydrogens is 321 g/mol. The number of hydrogen-bond donors (Lipinski definition) is 1. The summed E-state index contributed by atoms with van der Waals surface area (Å²) in [4.78, 5) is 12.3. The van der Waals surface area contributed by atoms with Crippen LogP contribution in [0.3, 0.4) is 0 Å². The SMILES string of the molecule is CCCCOc1ccccc1NC(=O)c1cc(Cl)cc(Cl)c1. The molecule has 2 aromatic rings. The molecule has 0 radical (unpaired) electrons. The van der Waals surface area contributed by atoms with Crippen molar-refractivity contribution in [3.63, 3.8) is 0 Å². The van der Waals surface area contributed by atoms with Crippen molar-refractivity contribution in [1.29, 1.82) is 0 Å². The van der Waals surface area contributed by atoms with Crippen LogP contribution in [0.25, 0.3) is 0 Å². The molecule has 0 saturated carbocycles. The van der Waals surface area contributed by atoms with Crippen molar-refractivity contribution in [3.05, 3.63) is 58.1 Å². The molecule has 0 atom stereocenters. The van der Waals surface area contributed by atoms with Crippen molar-refractivity contribution in [2.75, 3.05) is 11.9 Å². The second-order valence-corrected chi connectivity index (χ2v) is 5.68. The van der Waals surface area contributed by atoms with E-state index < -0.39 is 0 Å². The van der Waals surface area contributed by atoms with Gasteiger partial charge in [-0.05, 0) is 36.8 Å². The van der Waals surface area contributed by atoms with E-state index in [2.05, 4.69) is 12.2 Å². The first-order valence-electron chi connectivity index (χ1n) is 7.09. The van der Waals surface area contributed by atoms with E-state index in [0.717, 1.165) is 12.8 Å². The van der Waals surface area contributed by atoms with Crippen LogP contribution in [0, 0.1) is 0 Å². The fraction of sp³-hybridized carbons (Fsp3) is 0.235. The van der Waals surface area contributed by atoms with Crippen molar-refractivity contribution >= 4 is 34.8 Å². The lowest BCUT2D eigenvalue weighted by Crippen LogP contribution is -2.13. The van der Waals surface area contributed by atoms with Gasteiger partial charge in [0.15, 0.2) is 0 Å². The lowest BCUT2D eigenvalue weighted by atomic mass is 10.2. The molecule has 2 rings (SSSR count). The lowest BCUT2D eigenvalue weighted by molar-refractivity contribution is 0.102. The Morgan fingerprint density at radius 1 is 1.14 bits per heavy atom. The number of unbranched alkanes of at least 4 members (excludes halogenated alkanes) is 1. The quantitative estimate of drug-likeness (QED) is 0.714. The summed E-state index contributed by atoms with van der Waals surface area (Å²) in [5, 5.41) is 3.67. The number of para-hydroxylation sites is 2. The van der Waals surface area contributed by atoms with Crippen LogP contribution < -0.4 is 10.1 Å². The maximum atomic E-state index is 12.3. The van der Waals surface area contributed by atoms with E-state index in [1.165, 1.54) is 0 Å². The first kappa shape index (κ1) is 16.7. The van der Waals surface area contributed by atoms with Crippen LogP contribution in [0.15, 0.2) is 42.5 Å². The van der Waals surface area contributed by atoms with Crippen molar-refractivity contribution in [2.45, 2.75) is 19.8 Å². The van der Waals surface area contributed by atoms with Crippen LogP contribution in [0.5, 0.6) is 5.75 Å². The molecule has 116 valence electrons. The summed E-state index contributed by atoms with van der Waals surface area (Å²) in [5.74, 6) is 0.369. The summed E-state index contributed by atoms with van der Waals surface area (Å²) in [6.45, 7) is 2.71. The highest BCUT2D eigenvalue weighted by atomic mass is 35.5. The zero-order chi connectivity index (χ0) is 15.9. The number of halogens is 2. The molecule has 0 aromatic heterocycles. The number of carbonyl (C=O) groups excluding carboxylic acids is 1. The molecular formula is C17H17Cl2NO2. The topological polar surface area (TPSA) is 38.3 Å². The minimum absolute atomic E-state index is 0.282. The number of anilines is 1. The molecule has 0 aliphatic heterocycles. The van der Waals surface area contributed by atoms with E-state index in [0.29, 0.717) is 33.7 Å². The number of nitrogens with one attached hydrogen (secondary N) is 1. The van der Waals surface area contributed by atoms with E-state index in [9.17, 15) is 4.79 Å². The highest BCUT2D eigenvalue weighted by Gasteiger charge is 2.11. The Kier molecular flexibility index (Phi) is 6.10. The molecule has 0 aliphatic carbocycles. The van der Waals surface area contributed by atoms with Crippen molar-refractivity contribution in [2.24, 2.45) is 0 Å². The second kappa shape index (κ2) is 8.06. The number of benzene rings is 2. The zero-order valence-corrected chi connectivity index (χ0v) is 13.7. The van der Waals surface area contributed by atoms with Crippen molar-refractivity contribution in [3.8, 4) is 5.75 Å². The minimum atomic E-state index is -0.282. The Labute approximate surface area is 140 Å². The maximum absolute atomic E-state index is 12.3. The molecule has 5 heteroatoms. The van der Waals surface area contributed by atoms with Gasteiger partial charge in [0.05, 0.1) is 12.3 Å². The fourth-order valence-corrected chi connectivity index (χ4v) is 2.43. The fourth-order valence-electron chi connectivity index (χ4n) is 1.90. The molecule has 1 N–H and O–H groups in total. The maximum Gasteiger partial charge on any atom is 0.255 e.